The van der Waals surface area contributed by atoms with Crippen LogP contribution >= 0.6 is 11.8 Å². The molecule has 0 radical (unpaired) electrons. The molecule has 0 heterocycles. The fourth-order valence-electron chi connectivity index (χ4n) is 2.35. The Morgan fingerprint density at radius 1 is 1.12 bits per heavy atom. The molecule has 17 heavy (non-hydrogen) atoms. The minimum Gasteiger partial charge on any atom is -0.382 e. The van der Waals surface area contributed by atoms with Crippen molar-refractivity contribution in [2.75, 3.05) is 46.3 Å². The molecule has 4 heteroatoms. The number of rotatable bonds is 9. The van der Waals surface area contributed by atoms with E-state index < -0.39 is 0 Å². The Labute approximate surface area is 110 Å². The van der Waals surface area contributed by atoms with Gasteiger partial charge in [-0.15, -0.1) is 0 Å². The summed E-state index contributed by atoms with van der Waals surface area (Å²) in [6.45, 7) is 4.25. The van der Waals surface area contributed by atoms with Crippen molar-refractivity contribution < 1.29 is 9.47 Å². The van der Waals surface area contributed by atoms with Crippen molar-refractivity contribution in [1.82, 2.24) is 5.32 Å². The van der Waals surface area contributed by atoms with E-state index in [4.69, 9.17) is 9.47 Å². The van der Waals surface area contributed by atoms with Gasteiger partial charge >= 0.3 is 0 Å². The third kappa shape index (κ3) is 6.09. The van der Waals surface area contributed by atoms with Gasteiger partial charge in [0.05, 0.1) is 19.8 Å². The first-order chi connectivity index (χ1) is 8.33. The molecule has 0 aromatic carbocycles. The van der Waals surface area contributed by atoms with Crippen LogP contribution in [0.15, 0.2) is 0 Å². The first-order valence-corrected chi connectivity index (χ1v) is 7.88. The van der Waals surface area contributed by atoms with Crippen molar-refractivity contribution in [3.05, 3.63) is 0 Å². The molecule has 1 aliphatic carbocycles. The molecule has 1 saturated carbocycles. The lowest BCUT2D eigenvalue weighted by Gasteiger charge is -2.36. The molecule has 0 unspecified atom stereocenters. The maximum Gasteiger partial charge on any atom is 0.0700 e. The van der Waals surface area contributed by atoms with E-state index in [2.05, 4.69) is 11.6 Å². The van der Waals surface area contributed by atoms with Crippen LogP contribution in [0.5, 0.6) is 0 Å². The maximum absolute atomic E-state index is 5.44. The van der Waals surface area contributed by atoms with Crippen molar-refractivity contribution in [1.29, 1.82) is 0 Å². The summed E-state index contributed by atoms with van der Waals surface area (Å²) in [6.07, 6.45) is 9.20. The Kier molecular flexibility index (Phi) is 8.27. The molecule has 3 nitrogen and oxygen atoms in total. The highest BCUT2D eigenvalue weighted by molar-refractivity contribution is 8.00. The second-order valence-corrected chi connectivity index (χ2v) is 6.00. The topological polar surface area (TPSA) is 30.5 Å². The molecule has 0 amide bonds. The molecule has 1 rings (SSSR count). The van der Waals surface area contributed by atoms with Crippen LogP contribution < -0.4 is 5.32 Å². The van der Waals surface area contributed by atoms with Gasteiger partial charge in [-0.1, -0.05) is 19.3 Å². The van der Waals surface area contributed by atoms with Gasteiger partial charge in [0.1, 0.15) is 0 Å². The van der Waals surface area contributed by atoms with Crippen LogP contribution in [-0.4, -0.2) is 51.0 Å². The fourth-order valence-corrected chi connectivity index (χ4v) is 3.30. The van der Waals surface area contributed by atoms with E-state index in [1.807, 2.05) is 11.8 Å². The Hall–Kier alpha value is 0.230. The number of hydrogen-bond acceptors (Lipinski definition) is 4. The number of ether oxygens (including phenoxy) is 2. The summed E-state index contributed by atoms with van der Waals surface area (Å²) in [6, 6.07) is 0. The first kappa shape index (κ1) is 15.3. The second-order valence-electron chi connectivity index (χ2n) is 4.73. The van der Waals surface area contributed by atoms with Crippen molar-refractivity contribution in [2.24, 2.45) is 0 Å². The van der Waals surface area contributed by atoms with Crippen molar-refractivity contribution in [3.63, 3.8) is 0 Å². The average Bonchev–Trinajstić information content (AvgIpc) is 2.39. The molecule has 0 saturated heterocycles. The van der Waals surface area contributed by atoms with Gasteiger partial charge in [-0.3, -0.25) is 0 Å². The van der Waals surface area contributed by atoms with Crippen LogP contribution in [0.3, 0.4) is 0 Å². The average molecular weight is 261 g/mol. The SMILES string of the molecule is COCCOCCNCC1(SC)CCCCC1. The fraction of sp³-hybridized carbons (Fsp3) is 1.00. The normalized spacial score (nSPS) is 19.4. The van der Waals surface area contributed by atoms with Crippen LogP contribution in [0, 0.1) is 0 Å². The van der Waals surface area contributed by atoms with Crippen LogP contribution in [0.2, 0.25) is 0 Å². The zero-order chi connectivity index (χ0) is 12.4. The predicted molar refractivity (Wildman–Crippen MR) is 74.9 cm³/mol. The second kappa shape index (κ2) is 9.20. The van der Waals surface area contributed by atoms with Crippen molar-refractivity contribution in [2.45, 2.75) is 36.9 Å². The highest BCUT2D eigenvalue weighted by Gasteiger charge is 2.30. The van der Waals surface area contributed by atoms with E-state index in [0.29, 0.717) is 18.0 Å². The van der Waals surface area contributed by atoms with E-state index in [-0.39, 0.29) is 0 Å². The Bertz CT molecular complexity index is 184. The Balaban J connectivity index is 2.03. The van der Waals surface area contributed by atoms with E-state index in [9.17, 15) is 0 Å². The standard InChI is InChI=1S/C13H27NO2S/c1-15-10-11-16-9-8-14-12-13(17-2)6-4-3-5-7-13/h14H,3-12H2,1-2H3. The van der Waals surface area contributed by atoms with E-state index >= 15 is 0 Å². The van der Waals surface area contributed by atoms with Crippen LogP contribution in [0.25, 0.3) is 0 Å². The van der Waals surface area contributed by atoms with Crippen LogP contribution in [0.4, 0.5) is 0 Å². The lowest BCUT2D eigenvalue weighted by Crippen LogP contribution is -2.40. The molecule has 0 aromatic heterocycles. The number of methoxy groups -OCH3 is 1. The van der Waals surface area contributed by atoms with Gasteiger partial charge in [0.2, 0.25) is 0 Å². The van der Waals surface area contributed by atoms with Crippen molar-refractivity contribution in [3.8, 4) is 0 Å². The summed E-state index contributed by atoms with van der Waals surface area (Å²) in [5.74, 6) is 0. The molecule has 1 aliphatic rings. The molecular formula is C13H27NO2S. The summed E-state index contributed by atoms with van der Waals surface area (Å²) < 4.78 is 10.9. The van der Waals surface area contributed by atoms with Gasteiger partial charge in [-0.05, 0) is 19.1 Å². The smallest absolute Gasteiger partial charge is 0.0700 e. The first-order valence-electron chi connectivity index (χ1n) is 6.65. The molecule has 0 aliphatic heterocycles. The zero-order valence-electron chi connectivity index (χ0n) is 11.3. The van der Waals surface area contributed by atoms with E-state index in [1.54, 1.807) is 7.11 Å². The minimum absolute atomic E-state index is 0.491. The summed E-state index contributed by atoms with van der Waals surface area (Å²) in [5.41, 5.74) is 0. The molecule has 1 N–H and O–H groups in total. The number of hydrogen-bond donors (Lipinski definition) is 1. The third-order valence-electron chi connectivity index (χ3n) is 3.50. The molecule has 0 bridgehead atoms. The van der Waals surface area contributed by atoms with Gasteiger partial charge in [-0.2, -0.15) is 11.8 Å². The van der Waals surface area contributed by atoms with Gasteiger partial charge in [0, 0.05) is 24.9 Å². The Morgan fingerprint density at radius 2 is 1.88 bits per heavy atom. The van der Waals surface area contributed by atoms with Gasteiger partial charge in [0.25, 0.3) is 0 Å². The number of thioether (sulfide) groups is 1. The summed E-state index contributed by atoms with van der Waals surface area (Å²) in [5, 5.41) is 3.54. The zero-order valence-corrected chi connectivity index (χ0v) is 12.1. The molecule has 0 spiro atoms. The summed E-state index contributed by atoms with van der Waals surface area (Å²) in [4.78, 5) is 0. The van der Waals surface area contributed by atoms with E-state index in [0.717, 1.165) is 19.7 Å². The lowest BCUT2D eigenvalue weighted by molar-refractivity contribution is 0.0717. The molecule has 102 valence electrons. The molecular weight excluding hydrogens is 234 g/mol. The van der Waals surface area contributed by atoms with E-state index in [1.165, 1.54) is 32.1 Å². The van der Waals surface area contributed by atoms with Crippen LogP contribution in [-0.2, 0) is 9.47 Å². The Morgan fingerprint density at radius 3 is 2.53 bits per heavy atom. The molecule has 0 aromatic rings. The monoisotopic (exact) mass is 261 g/mol. The minimum atomic E-state index is 0.491. The van der Waals surface area contributed by atoms with Gasteiger partial charge < -0.3 is 14.8 Å². The molecule has 1 fully saturated rings. The predicted octanol–water partition coefficient (Wildman–Crippen LogP) is 2.30. The maximum atomic E-state index is 5.44. The summed E-state index contributed by atoms with van der Waals surface area (Å²) >= 11 is 2.04. The van der Waals surface area contributed by atoms with Crippen LogP contribution in [0.1, 0.15) is 32.1 Å². The summed E-state index contributed by atoms with van der Waals surface area (Å²) in [7, 11) is 1.70. The van der Waals surface area contributed by atoms with Gasteiger partial charge in [0.15, 0.2) is 0 Å². The van der Waals surface area contributed by atoms with Gasteiger partial charge in [-0.25, -0.2) is 0 Å². The largest absolute Gasteiger partial charge is 0.382 e. The quantitative estimate of drug-likeness (QED) is 0.645. The lowest BCUT2D eigenvalue weighted by atomic mass is 9.88. The third-order valence-corrected chi connectivity index (χ3v) is 4.92. The van der Waals surface area contributed by atoms with Crippen molar-refractivity contribution >= 4 is 11.8 Å². The molecule has 0 atom stereocenters. The number of nitrogens with one attached hydrogen (secondary N) is 1. The highest BCUT2D eigenvalue weighted by Crippen LogP contribution is 2.37. The highest BCUT2D eigenvalue weighted by atomic mass is 32.2.